The van der Waals surface area contributed by atoms with Crippen LogP contribution in [0.2, 0.25) is 0 Å². The molecule has 0 bridgehead atoms. The summed E-state index contributed by atoms with van der Waals surface area (Å²) in [6.45, 7) is 6.61. The predicted molar refractivity (Wildman–Crippen MR) is 232 cm³/mol. The monoisotopic (exact) mass is 745 g/mol. The van der Waals surface area contributed by atoms with Crippen LogP contribution in [0.1, 0.15) is 194 Å². The molecule has 0 aliphatic carbocycles. The number of aliphatic hydroxyl groups is 1. The number of hydrogen-bond donors (Lipinski definition) is 1. The third-order valence-corrected chi connectivity index (χ3v) is 10.9. The van der Waals surface area contributed by atoms with Crippen molar-refractivity contribution in [3.8, 4) is 34.0 Å². The lowest BCUT2D eigenvalue weighted by Crippen LogP contribution is -2.05. The molecular formula is C49H80N2O3. The SMILES string of the molecule is CCCCCCCCCCCCCCCCOc1ccc(-c2cc(-c3ccc(OCCCCCCCCCCCCCCCC)cc3)n(CCO)n2)cc1. The first-order valence-electron chi connectivity index (χ1n) is 22.9. The quantitative estimate of drug-likeness (QED) is 0.0602. The van der Waals surface area contributed by atoms with E-state index >= 15 is 0 Å². The highest BCUT2D eigenvalue weighted by Gasteiger charge is 2.12. The lowest BCUT2D eigenvalue weighted by atomic mass is 10.0. The van der Waals surface area contributed by atoms with E-state index in [0.29, 0.717) is 6.54 Å². The van der Waals surface area contributed by atoms with Gasteiger partial charge in [-0.3, -0.25) is 4.68 Å². The molecular weight excluding hydrogens is 665 g/mol. The molecule has 1 heterocycles. The van der Waals surface area contributed by atoms with Gasteiger partial charge in [0.1, 0.15) is 11.5 Å². The Labute approximate surface area is 332 Å². The Morgan fingerprint density at radius 3 is 1.13 bits per heavy atom. The number of benzene rings is 2. The highest BCUT2D eigenvalue weighted by atomic mass is 16.5. The van der Waals surface area contributed by atoms with E-state index < -0.39 is 0 Å². The Morgan fingerprint density at radius 2 is 0.778 bits per heavy atom. The van der Waals surface area contributed by atoms with Crippen molar-refractivity contribution in [3.05, 3.63) is 54.6 Å². The van der Waals surface area contributed by atoms with Gasteiger partial charge in [-0.15, -0.1) is 0 Å². The number of rotatable bonds is 36. The van der Waals surface area contributed by atoms with E-state index in [1.165, 1.54) is 167 Å². The van der Waals surface area contributed by atoms with Crippen molar-refractivity contribution in [2.45, 2.75) is 200 Å². The highest BCUT2D eigenvalue weighted by Crippen LogP contribution is 2.29. The van der Waals surface area contributed by atoms with E-state index in [9.17, 15) is 5.11 Å². The average molecular weight is 745 g/mol. The zero-order valence-electron chi connectivity index (χ0n) is 35.0. The van der Waals surface area contributed by atoms with Crippen molar-refractivity contribution in [2.75, 3.05) is 19.8 Å². The Bertz CT molecular complexity index is 1270. The van der Waals surface area contributed by atoms with E-state index in [1.807, 2.05) is 16.8 Å². The molecule has 0 aliphatic heterocycles. The fraction of sp³-hybridized carbons (Fsp3) is 0.694. The molecule has 0 radical (unpaired) electrons. The fourth-order valence-electron chi connectivity index (χ4n) is 7.47. The number of ether oxygens (including phenoxy) is 2. The molecule has 0 aliphatic rings. The molecule has 0 saturated heterocycles. The van der Waals surface area contributed by atoms with Gasteiger partial charge in [-0.2, -0.15) is 5.10 Å². The van der Waals surface area contributed by atoms with Crippen molar-refractivity contribution in [1.29, 1.82) is 0 Å². The van der Waals surface area contributed by atoms with Gasteiger partial charge in [-0.05, 0) is 67.4 Å². The molecule has 0 saturated carbocycles. The van der Waals surface area contributed by atoms with Gasteiger partial charge in [0.25, 0.3) is 0 Å². The van der Waals surface area contributed by atoms with E-state index in [2.05, 4.69) is 56.3 Å². The van der Waals surface area contributed by atoms with Crippen LogP contribution in [0.25, 0.3) is 22.5 Å². The highest BCUT2D eigenvalue weighted by molar-refractivity contribution is 5.69. The van der Waals surface area contributed by atoms with Crippen LogP contribution >= 0.6 is 0 Å². The Hall–Kier alpha value is -2.79. The van der Waals surface area contributed by atoms with Gasteiger partial charge in [0.05, 0.1) is 37.8 Å². The minimum atomic E-state index is 0.0422. The third-order valence-electron chi connectivity index (χ3n) is 10.9. The molecule has 304 valence electrons. The fourth-order valence-corrected chi connectivity index (χ4v) is 7.47. The molecule has 5 heteroatoms. The Morgan fingerprint density at radius 1 is 0.444 bits per heavy atom. The lowest BCUT2D eigenvalue weighted by molar-refractivity contribution is 0.270. The minimum Gasteiger partial charge on any atom is -0.494 e. The molecule has 0 amide bonds. The Balaban J connectivity index is 1.27. The molecule has 54 heavy (non-hydrogen) atoms. The number of hydrogen-bond acceptors (Lipinski definition) is 4. The maximum Gasteiger partial charge on any atom is 0.119 e. The van der Waals surface area contributed by atoms with Crippen molar-refractivity contribution in [1.82, 2.24) is 9.78 Å². The zero-order chi connectivity index (χ0) is 38.2. The summed E-state index contributed by atoms with van der Waals surface area (Å²) in [6.07, 6.45) is 38.2. The molecule has 3 rings (SSSR count). The standard InChI is InChI=1S/C49H80N2O3/c1-3-5-7-9-11-13-15-17-19-21-23-25-27-29-41-53-46-35-31-44(32-36-46)48-43-49(51(50-48)39-40-52)45-33-37-47(38-34-45)54-42-30-28-26-24-22-20-18-16-14-12-10-8-6-4-2/h31-38,43,52H,3-30,39-42H2,1-2H3. The maximum absolute atomic E-state index is 9.75. The van der Waals surface area contributed by atoms with Crippen LogP contribution in [0.5, 0.6) is 11.5 Å². The van der Waals surface area contributed by atoms with Crippen molar-refractivity contribution in [3.63, 3.8) is 0 Å². The average Bonchev–Trinajstić information content (AvgIpc) is 3.62. The molecule has 0 atom stereocenters. The molecule has 1 N–H and O–H groups in total. The smallest absolute Gasteiger partial charge is 0.119 e. The number of nitrogens with zero attached hydrogens (tertiary/aromatic N) is 2. The summed E-state index contributed by atoms with van der Waals surface area (Å²) in [4.78, 5) is 0. The summed E-state index contributed by atoms with van der Waals surface area (Å²) < 4.78 is 14.0. The van der Waals surface area contributed by atoms with Crippen molar-refractivity contribution >= 4 is 0 Å². The number of unbranched alkanes of at least 4 members (excludes halogenated alkanes) is 26. The zero-order valence-corrected chi connectivity index (χ0v) is 35.0. The second kappa shape index (κ2) is 31.4. The van der Waals surface area contributed by atoms with E-state index in [-0.39, 0.29) is 6.61 Å². The van der Waals surface area contributed by atoms with Gasteiger partial charge >= 0.3 is 0 Å². The van der Waals surface area contributed by atoms with Gasteiger partial charge in [0.15, 0.2) is 0 Å². The van der Waals surface area contributed by atoms with Crippen molar-refractivity contribution < 1.29 is 14.6 Å². The van der Waals surface area contributed by atoms with E-state index in [0.717, 1.165) is 60.1 Å². The second-order valence-corrected chi connectivity index (χ2v) is 15.8. The lowest BCUT2D eigenvalue weighted by Gasteiger charge is -2.09. The molecule has 0 unspecified atom stereocenters. The summed E-state index contributed by atoms with van der Waals surface area (Å²) >= 11 is 0. The summed E-state index contributed by atoms with van der Waals surface area (Å²) in [7, 11) is 0. The summed E-state index contributed by atoms with van der Waals surface area (Å²) in [5.74, 6) is 1.82. The molecule has 0 spiro atoms. The van der Waals surface area contributed by atoms with Crippen molar-refractivity contribution in [2.24, 2.45) is 0 Å². The van der Waals surface area contributed by atoms with Crippen LogP contribution in [0.3, 0.4) is 0 Å². The van der Waals surface area contributed by atoms with E-state index in [1.54, 1.807) is 0 Å². The van der Waals surface area contributed by atoms with Crippen LogP contribution < -0.4 is 9.47 Å². The van der Waals surface area contributed by atoms with Crippen LogP contribution in [0.15, 0.2) is 54.6 Å². The van der Waals surface area contributed by atoms with Gasteiger partial charge in [-0.1, -0.05) is 181 Å². The molecule has 2 aromatic carbocycles. The Kier molecular flexibility index (Phi) is 26.5. The van der Waals surface area contributed by atoms with Crippen LogP contribution in [0.4, 0.5) is 0 Å². The minimum absolute atomic E-state index is 0.0422. The second-order valence-electron chi connectivity index (χ2n) is 15.8. The first-order chi connectivity index (χ1) is 26.7. The number of aromatic nitrogens is 2. The van der Waals surface area contributed by atoms with Gasteiger partial charge in [-0.25, -0.2) is 0 Å². The number of aliphatic hydroxyl groups excluding tert-OH is 1. The maximum atomic E-state index is 9.75. The van der Waals surface area contributed by atoms with Gasteiger partial charge in [0, 0.05) is 11.1 Å². The summed E-state index contributed by atoms with van der Waals surface area (Å²) in [6, 6.07) is 18.7. The molecule has 1 aromatic heterocycles. The first kappa shape index (κ1) is 45.6. The predicted octanol–water partition coefficient (Wildman–Crippen LogP) is 14.9. The van der Waals surface area contributed by atoms with Crippen LogP contribution in [0, 0.1) is 0 Å². The van der Waals surface area contributed by atoms with Crippen LogP contribution in [-0.2, 0) is 6.54 Å². The molecule has 3 aromatic rings. The summed E-state index contributed by atoms with van der Waals surface area (Å²) in [5.41, 5.74) is 4.01. The third kappa shape index (κ3) is 20.8. The van der Waals surface area contributed by atoms with Crippen LogP contribution in [-0.4, -0.2) is 34.7 Å². The summed E-state index contributed by atoms with van der Waals surface area (Å²) in [5, 5.41) is 14.6. The van der Waals surface area contributed by atoms with E-state index in [4.69, 9.17) is 14.6 Å². The largest absolute Gasteiger partial charge is 0.494 e. The normalized spacial score (nSPS) is 11.4. The molecule has 5 nitrogen and oxygen atoms in total. The molecule has 0 fully saturated rings. The van der Waals surface area contributed by atoms with Gasteiger partial charge in [0.2, 0.25) is 0 Å². The first-order valence-corrected chi connectivity index (χ1v) is 22.9. The topological polar surface area (TPSA) is 56.5 Å². The van der Waals surface area contributed by atoms with Gasteiger partial charge < -0.3 is 14.6 Å².